The van der Waals surface area contributed by atoms with Gasteiger partial charge in [-0.15, -0.1) is 0 Å². The lowest BCUT2D eigenvalue weighted by atomic mass is 9.83. The van der Waals surface area contributed by atoms with Crippen molar-refractivity contribution in [3.8, 4) is 0 Å². The molecule has 4 heteroatoms. The second-order valence-corrected chi connectivity index (χ2v) is 4.97. The van der Waals surface area contributed by atoms with Crippen LogP contribution in [0.4, 0.5) is 13.2 Å². The molecule has 0 aliphatic heterocycles. The molecule has 0 fully saturated rings. The number of nitrogens with one attached hydrogen (secondary N) is 1. The molecule has 3 unspecified atom stereocenters. The molecule has 100 valence electrons. The smallest absolute Gasteiger partial charge is 0.297 e. The van der Waals surface area contributed by atoms with Gasteiger partial charge in [0.15, 0.2) is 0 Å². The summed E-state index contributed by atoms with van der Waals surface area (Å²) < 4.78 is 38.9. The Balaban J connectivity index is 1.77. The highest BCUT2D eigenvalue weighted by atomic mass is 19.4. The van der Waals surface area contributed by atoms with E-state index in [4.69, 9.17) is 0 Å². The van der Waals surface area contributed by atoms with E-state index in [2.05, 4.69) is 5.32 Å². The molecule has 1 nitrogen and oxygen atoms in total. The predicted molar refractivity (Wildman–Crippen MR) is 68.4 cm³/mol. The van der Waals surface area contributed by atoms with Crippen molar-refractivity contribution in [3.05, 3.63) is 60.3 Å². The molecule has 0 saturated carbocycles. The van der Waals surface area contributed by atoms with Crippen LogP contribution in [0.1, 0.15) is 0 Å². The van der Waals surface area contributed by atoms with Crippen molar-refractivity contribution in [2.24, 2.45) is 11.8 Å². The van der Waals surface area contributed by atoms with Crippen LogP contribution in [0, 0.1) is 11.8 Å². The van der Waals surface area contributed by atoms with Gasteiger partial charge in [-0.25, -0.2) is 0 Å². The number of rotatable bonds is 2. The molecule has 0 radical (unpaired) electrons. The zero-order valence-electron chi connectivity index (χ0n) is 10.1. The summed E-state index contributed by atoms with van der Waals surface area (Å²) in [5.41, 5.74) is 0.804. The Morgan fingerprint density at radius 2 is 1.63 bits per heavy atom. The summed E-state index contributed by atoms with van der Waals surface area (Å²) >= 11 is 0. The fraction of sp³-hybridized carbons (Fsp3) is 0.333. The molecular formula is C15H14F3N. The first kappa shape index (κ1) is 12.5. The van der Waals surface area contributed by atoms with E-state index in [1.165, 1.54) is 12.2 Å². The number of fused-ring (bicyclic) bond motifs is 1. The summed E-state index contributed by atoms with van der Waals surface area (Å²) in [4.78, 5) is 0. The van der Waals surface area contributed by atoms with Gasteiger partial charge in [0.1, 0.15) is 0 Å². The molecule has 0 spiro atoms. The van der Waals surface area contributed by atoms with Crippen LogP contribution in [-0.2, 0) is 0 Å². The minimum Gasteiger partial charge on any atom is -0.297 e. The molecule has 1 N–H and O–H groups in total. The Morgan fingerprint density at radius 3 is 2.32 bits per heavy atom. The van der Waals surface area contributed by atoms with Crippen molar-refractivity contribution in [3.63, 3.8) is 0 Å². The Morgan fingerprint density at radius 1 is 0.895 bits per heavy atom. The lowest BCUT2D eigenvalue weighted by molar-refractivity contribution is -0.167. The number of alkyl halides is 3. The van der Waals surface area contributed by atoms with Crippen molar-refractivity contribution < 1.29 is 13.2 Å². The third-order valence-electron chi connectivity index (χ3n) is 3.75. The molecule has 3 aliphatic carbocycles. The molecule has 0 aromatic carbocycles. The third kappa shape index (κ3) is 2.32. The quantitative estimate of drug-likeness (QED) is 0.755. The monoisotopic (exact) mass is 265 g/mol. The van der Waals surface area contributed by atoms with Crippen LogP contribution in [0.3, 0.4) is 0 Å². The van der Waals surface area contributed by atoms with E-state index < -0.39 is 18.0 Å². The maximum Gasteiger partial charge on any atom is 0.396 e. The molecule has 0 aromatic heterocycles. The molecule has 3 aliphatic rings. The zero-order chi connectivity index (χ0) is 13.5. The Labute approximate surface area is 109 Å². The van der Waals surface area contributed by atoms with E-state index in [9.17, 15) is 13.2 Å². The Bertz CT molecular complexity index is 496. The molecule has 0 bridgehead atoms. The standard InChI is InChI=1S/C15H14F3N/c16-15(17,18)13-7-3-6-12-11(13)8-9-14(12)19-10-4-1-2-5-10/h1-11,13-14,19H. The van der Waals surface area contributed by atoms with Gasteiger partial charge in [-0.1, -0.05) is 54.7 Å². The van der Waals surface area contributed by atoms with E-state index in [0.717, 1.165) is 5.57 Å². The maximum absolute atomic E-state index is 13.0. The number of hydrogen-bond acceptors (Lipinski definition) is 1. The van der Waals surface area contributed by atoms with Gasteiger partial charge in [0.05, 0.1) is 5.92 Å². The van der Waals surface area contributed by atoms with Crippen molar-refractivity contribution >= 4 is 0 Å². The molecule has 0 heterocycles. The van der Waals surface area contributed by atoms with Crippen LogP contribution in [0.15, 0.2) is 60.3 Å². The second kappa shape index (κ2) is 4.53. The van der Waals surface area contributed by atoms with Crippen molar-refractivity contribution in [1.29, 1.82) is 0 Å². The van der Waals surface area contributed by atoms with Gasteiger partial charge in [-0.05, 0) is 5.57 Å². The highest BCUT2D eigenvalue weighted by molar-refractivity contribution is 5.40. The highest BCUT2D eigenvalue weighted by Gasteiger charge is 2.46. The minimum atomic E-state index is -4.19. The Kier molecular flexibility index (Phi) is 2.97. The largest absolute Gasteiger partial charge is 0.396 e. The Hall–Kier alpha value is -1.55. The predicted octanol–water partition coefficient (Wildman–Crippen LogP) is 3.30. The molecule has 0 amide bonds. The van der Waals surface area contributed by atoms with Gasteiger partial charge < -0.3 is 0 Å². The van der Waals surface area contributed by atoms with Gasteiger partial charge in [0, 0.05) is 18.0 Å². The fourth-order valence-corrected chi connectivity index (χ4v) is 2.82. The van der Waals surface area contributed by atoms with Crippen LogP contribution >= 0.6 is 0 Å². The van der Waals surface area contributed by atoms with E-state index in [1.807, 2.05) is 30.4 Å². The molecular weight excluding hydrogens is 251 g/mol. The van der Waals surface area contributed by atoms with Crippen LogP contribution in [0.25, 0.3) is 0 Å². The van der Waals surface area contributed by atoms with Gasteiger partial charge in [-0.3, -0.25) is 5.32 Å². The average Bonchev–Trinajstić information content (AvgIpc) is 2.98. The van der Waals surface area contributed by atoms with Crippen LogP contribution < -0.4 is 5.32 Å². The SMILES string of the molecule is FC(F)(F)C1C=CC=C2C(NC3C=CC=C3)C=CC21. The average molecular weight is 265 g/mol. The first-order chi connectivity index (χ1) is 9.05. The van der Waals surface area contributed by atoms with E-state index in [0.29, 0.717) is 0 Å². The summed E-state index contributed by atoms with van der Waals surface area (Å²) in [6.07, 6.45) is 11.7. The van der Waals surface area contributed by atoms with E-state index in [-0.39, 0.29) is 12.1 Å². The van der Waals surface area contributed by atoms with Gasteiger partial charge in [-0.2, -0.15) is 13.2 Å². The van der Waals surface area contributed by atoms with Crippen LogP contribution in [0.5, 0.6) is 0 Å². The highest BCUT2D eigenvalue weighted by Crippen LogP contribution is 2.43. The van der Waals surface area contributed by atoms with Crippen molar-refractivity contribution in [2.45, 2.75) is 18.3 Å². The maximum atomic E-state index is 13.0. The number of halogens is 3. The first-order valence-electron chi connectivity index (χ1n) is 6.30. The number of allylic oxidation sites excluding steroid dienone is 6. The lowest BCUT2D eigenvalue weighted by Gasteiger charge is -2.29. The molecule has 19 heavy (non-hydrogen) atoms. The fourth-order valence-electron chi connectivity index (χ4n) is 2.82. The topological polar surface area (TPSA) is 12.0 Å². The zero-order valence-corrected chi connectivity index (χ0v) is 10.1. The molecule has 0 aromatic rings. The van der Waals surface area contributed by atoms with Crippen LogP contribution in [-0.4, -0.2) is 18.3 Å². The van der Waals surface area contributed by atoms with Crippen molar-refractivity contribution in [2.75, 3.05) is 0 Å². The summed E-state index contributed by atoms with van der Waals surface area (Å²) in [6, 6.07) is -0.0123. The van der Waals surface area contributed by atoms with Gasteiger partial charge in [0.2, 0.25) is 0 Å². The third-order valence-corrected chi connectivity index (χ3v) is 3.75. The van der Waals surface area contributed by atoms with E-state index in [1.54, 1.807) is 12.2 Å². The van der Waals surface area contributed by atoms with E-state index >= 15 is 0 Å². The lowest BCUT2D eigenvalue weighted by Crippen LogP contribution is -2.38. The second-order valence-electron chi connectivity index (χ2n) is 4.97. The summed E-state index contributed by atoms with van der Waals surface area (Å²) in [7, 11) is 0. The van der Waals surface area contributed by atoms with Crippen LogP contribution in [0.2, 0.25) is 0 Å². The van der Waals surface area contributed by atoms with Gasteiger partial charge in [0.25, 0.3) is 0 Å². The first-order valence-corrected chi connectivity index (χ1v) is 6.30. The summed E-state index contributed by atoms with van der Waals surface area (Å²) in [5, 5.41) is 3.32. The minimum absolute atomic E-state index is 0.101. The number of hydrogen-bond donors (Lipinski definition) is 1. The van der Waals surface area contributed by atoms with Crippen molar-refractivity contribution in [1.82, 2.24) is 5.32 Å². The summed E-state index contributed by atoms with van der Waals surface area (Å²) in [5.74, 6) is -1.96. The molecule has 3 atom stereocenters. The summed E-state index contributed by atoms with van der Waals surface area (Å²) in [6.45, 7) is 0. The normalized spacial score (nSPS) is 33.0. The molecule has 0 saturated heterocycles. The van der Waals surface area contributed by atoms with Gasteiger partial charge >= 0.3 is 6.18 Å². The molecule has 3 rings (SSSR count).